The van der Waals surface area contributed by atoms with Crippen molar-refractivity contribution in [3.05, 3.63) is 89.8 Å². The molecule has 29 heavy (non-hydrogen) atoms. The van der Waals surface area contributed by atoms with E-state index in [1.54, 1.807) is 6.20 Å². The number of rotatable bonds is 4. The maximum absolute atomic E-state index is 6.23. The van der Waals surface area contributed by atoms with Gasteiger partial charge < -0.3 is 10.5 Å². The Morgan fingerprint density at radius 2 is 1.66 bits per heavy atom. The highest BCUT2D eigenvalue weighted by Gasteiger charge is 2.27. The quantitative estimate of drug-likeness (QED) is 0.634. The largest absolute Gasteiger partial charge is 0.455 e. The summed E-state index contributed by atoms with van der Waals surface area (Å²) in [6.45, 7) is 2.13. The number of anilines is 1. The van der Waals surface area contributed by atoms with Crippen LogP contribution in [0.3, 0.4) is 0 Å². The molecule has 1 fully saturated rings. The minimum Gasteiger partial charge on any atom is -0.455 e. The molecule has 0 spiro atoms. The van der Waals surface area contributed by atoms with Crippen molar-refractivity contribution in [2.24, 2.45) is 5.92 Å². The topological polar surface area (TPSA) is 61.0 Å². The fourth-order valence-corrected chi connectivity index (χ4v) is 3.79. The van der Waals surface area contributed by atoms with Crippen molar-refractivity contribution < 1.29 is 4.74 Å². The van der Waals surface area contributed by atoms with Gasteiger partial charge in [-0.15, -0.1) is 0 Å². The van der Waals surface area contributed by atoms with Crippen LogP contribution in [0.2, 0.25) is 0 Å². The highest BCUT2D eigenvalue weighted by Crippen LogP contribution is 2.44. The Morgan fingerprint density at radius 3 is 2.45 bits per heavy atom. The van der Waals surface area contributed by atoms with Gasteiger partial charge in [-0.25, -0.2) is 9.97 Å². The maximum atomic E-state index is 6.23. The van der Waals surface area contributed by atoms with Gasteiger partial charge in [-0.05, 0) is 42.4 Å². The predicted molar refractivity (Wildman–Crippen MR) is 117 cm³/mol. The number of hydrogen-bond donors (Lipinski definition) is 1. The van der Waals surface area contributed by atoms with Gasteiger partial charge in [0.2, 0.25) is 0 Å². The summed E-state index contributed by atoms with van der Waals surface area (Å²) in [6, 6.07) is 18.5. The molecule has 1 aliphatic heterocycles. The molecule has 2 heterocycles. The molecular weight excluding hydrogens is 358 g/mol. The van der Waals surface area contributed by atoms with E-state index in [0.29, 0.717) is 23.2 Å². The first-order valence-electron chi connectivity index (χ1n) is 10.1. The van der Waals surface area contributed by atoms with Gasteiger partial charge in [-0.2, -0.15) is 0 Å². The van der Waals surface area contributed by atoms with E-state index in [4.69, 9.17) is 15.5 Å². The predicted octanol–water partition coefficient (Wildman–Crippen LogP) is 5.65. The molecule has 2 aromatic carbocycles. The molecule has 2 aliphatic rings. The van der Waals surface area contributed by atoms with Gasteiger partial charge >= 0.3 is 0 Å². The fraction of sp³-hybridized carbons (Fsp3) is 0.200. The number of benzene rings is 2. The summed E-state index contributed by atoms with van der Waals surface area (Å²) in [4.78, 5) is 9.34. The lowest BCUT2D eigenvalue weighted by Crippen LogP contribution is -2.08. The number of nitrogens with two attached hydrogens (primary N) is 1. The van der Waals surface area contributed by atoms with Crippen LogP contribution in [0, 0.1) is 5.92 Å². The first-order chi connectivity index (χ1) is 14.2. The first-order valence-corrected chi connectivity index (χ1v) is 10.1. The van der Waals surface area contributed by atoms with Crippen molar-refractivity contribution in [1.82, 2.24) is 9.97 Å². The number of ether oxygens (including phenoxy) is 1. The Bertz CT molecular complexity index is 1110. The molecule has 1 aromatic heterocycles. The van der Waals surface area contributed by atoms with E-state index in [-0.39, 0.29) is 5.92 Å². The zero-order chi connectivity index (χ0) is 19.8. The highest BCUT2D eigenvalue weighted by molar-refractivity contribution is 5.76. The van der Waals surface area contributed by atoms with Crippen molar-refractivity contribution in [1.29, 1.82) is 0 Å². The van der Waals surface area contributed by atoms with E-state index in [0.717, 1.165) is 22.6 Å². The van der Waals surface area contributed by atoms with Crippen molar-refractivity contribution in [3.8, 4) is 11.3 Å². The van der Waals surface area contributed by atoms with Crippen LogP contribution in [0.25, 0.3) is 22.8 Å². The number of allylic oxidation sites excluding steroid dienone is 2. The van der Waals surface area contributed by atoms with E-state index in [1.165, 1.54) is 18.4 Å². The fourth-order valence-electron chi connectivity index (χ4n) is 3.79. The van der Waals surface area contributed by atoms with E-state index in [2.05, 4.69) is 36.2 Å². The molecule has 0 radical (unpaired) electrons. The van der Waals surface area contributed by atoms with Crippen LogP contribution in [0.5, 0.6) is 0 Å². The highest BCUT2D eigenvalue weighted by atomic mass is 16.5. The average Bonchev–Trinajstić information content (AvgIpc) is 3.60. The second-order valence-corrected chi connectivity index (χ2v) is 7.74. The molecule has 4 heteroatoms. The Kier molecular flexibility index (Phi) is 4.39. The molecule has 2 N–H and O–H groups in total. The Morgan fingerprint density at radius 1 is 0.931 bits per heavy atom. The van der Waals surface area contributed by atoms with Crippen LogP contribution in [0.4, 0.5) is 5.82 Å². The standard InChI is InChI=1S/C25H23N3O/c1-16-13-22(18-7-3-2-4-8-18)29-23(14-16)24-25(26)27-15-21(28-24)20-10-6-5-9-19(20)17-11-12-17/h2-10,13-17H,11-12H2,1H3,(H2,26,27). The number of aromatic nitrogens is 2. The zero-order valence-corrected chi connectivity index (χ0v) is 16.4. The molecule has 0 saturated heterocycles. The smallest absolute Gasteiger partial charge is 0.153 e. The number of nitrogen functional groups attached to an aromatic ring is 1. The van der Waals surface area contributed by atoms with Gasteiger partial charge in [0.15, 0.2) is 11.6 Å². The summed E-state index contributed by atoms with van der Waals surface area (Å²) < 4.78 is 6.23. The van der Waals surface area contributed by atoms with Crippen LogP contribution in [0.15, 0.2) is 72.9 Å². The van der Waals surface area contributed by atoms with E-state index >= 15 is 0 Å². The van der Waals surface area contributed by atoms with Crippen LogP contribution >= 0.6 is 0 Å². The van der Waals surface area contributed by atoms with Crippen LogP contribution in [-0.4, -0.2) is 9.97 Å². The Labute approximate surface area is 170 Å². The Balaban J connectivity index is 1.53. The van der Waals surface area contributed by atoms with Crippen LogP contribution < -0.4 is 5.73 Å². The van der Waals surface area contributed by atoms with Gasteiger partial charge in [0.1, 0.15) is 11.5 Å². The van der Waals surface area contributed by atoms with Crippen molar-refractivity contribution in [2.45, 2.75) is 25.7 Å². The molecule has 0 amide bonds. The lowest BCUT2D eigenvalue weighted by molar-refractivity contribution is 0.452. The monoisotopic (exact) mass is 381 g/mol. The third-order valence-electron chi connectivity index (χ3n) is 5.39. The SMILES string of the molecule is CC1C=C(c2ccccc2)OC(c2nc(-c3ccccc3C3CC3)cnc2N)=C1. The minimum absolute atomic E-state index is 0.206. The lowest BCUT2D eigenvalue weighted by Gasteiger charge is -2.21. The molecule has 144 valence electrons. The number of hydrogen-bond acceptors (Lipinski definition) is 4. The number of nitrogens with zero attached hydrogens (tertiary/aromatic N) is 2. The lowest BCUT2D eigenvalue weighted by atomic mass is 10.0. The first kappa shape index (κ1) is 17.7. The van der Waals surface area contributed by atoms with Gasteiger partial charge in [-0.3, -0.25) is 0 Å². The molecule has 4 nitrogen and oxygen atoms in total. The summed E-state index contributed by atoms with van der Waals surface area (Å²) in [5.74, 6) is 2.70. The second kappa shape index (κ2) is 7.21. The summed E-state index contributed by atoms with van der Waals surface area (Å²) in [6.07, 6.45) is 8.39. The summed E-state index contributed by atoms with van der Waals surface area (Å²) in [7, 11) is 0. The van der Waals surface area contributed by atoms with Gasteiger partial charge in [-0.1, -0.05) is 61.5 Å². The summed E-state index contributed by atoms with van der Waals surface area (Å²) >= 11 is 0. The minimum atomic E-state index is 0.206. The molecule has 0 bridgehead atoms. The Hall–Kier alpha value is -3.40. The molecular formula is C25H23N3O. The van der Waals surface area contributed by atoms with E-state index < -0.39 is 0 Å². The summed E-state index contributed by atoms with van der Waals surface area (Å²) in [5, 5.41) is 0. The molecule has 1 atom stereocenters. The van der Waals surface area contributed by atoms with Crippen molar-refractivity contribution in [2.75, 3.05) is 5.73 Å². The van der Waals surface area contributed by atoms with Crippen LogP contribution in [0.1, 0.15) is 42.5 Å². The second-order valence-electron chi connectivity index (χ2n) is 7.74. The van der Waals surface area contributed by atoms with E-state index in [1.807, 2.05) is 42.5 Å². The van der Waals surface area contributed by atoms with Gasteiger partial charge in [0, 0.05) is 11.1 Å². The molecule has 1 unspecified atom stereocenters. The third-order valence-corrected chi connectivity index (χ3v) is 5.39. The normalized spacial score (nSPS) is 18.6. The third kappa shape index (κ3) is 3.54. The van der Waals surface area contributed by atoms with Crippen LogP contribution in [-0.2, 0) is 4.74 Å². The average molecular weight is 381 g/mol. The van der Waals surface area contributed by atoms with Gasteiger partial charge in [0.25, 0.3) is 0 Å². The molecule has 5 rings (SSSR count). The molecule has 3 aromatic rings. The van der Waals surface area contributed by atoms with Crippen molar-refractivity contribution in [3.63, 3.8) is 0 Å². The molecule has 1 saturated carbocycles. The van der Waals surface area contributed by atoms with Crippen molar-refractivity contribution >= 4 is 17.3 Å². The zero-order valence-electron chi connectivity index (χ0n) is 16.4. The van der Waals surface area contributed by atoms with Gasteiger partial charge in [0.05, 0.1) is 11.9 Å². The molecule has 1 aliphatic carbocycles. The van der Waals surface area contributed by atoms with E-state index in [9.17, 15) is 0 Å². The summed E-state index contributed by atoms with van der Waals surface area (Å²) in [5.41, 5.74) is 11.2. The maximum Gasteiger partial charge on any atom is 0.153 e.